The third-order valence-corrected chi connectivity index (χ3v) is 7.26. The van der Waals surface area contributed by atoms with E-state index in [9.17, 15) is 8.42 Å². The average molecular weight is 414 g/mol. The van der Waals surface area contributed by atoms with Crippen LogP contribution in [0.3, 0.4) is 0 Å². The van der Waals surface area contributed by atoms with Crippen LogP contribution in [0.2, 0.25) is 0 Å². The van der Waals surface area contributed by atoms with Gasteiger partial charge in [0.05, 0.1) is 35.7 Å². The second-order valence-electron chi connectivity index (χ2n) is 7.45. The molecule has 0 aromatic carbocycles. The molecule has 10 heteroatoms. The summed E-state index contributed by atoms with van der Waals surface area (Å²) in [6, 6.07) is 6.22. The number of hydrogen-bond acceptors (Lipinski definition) is 7. The molecule has 29 heavy (non-hydrogen) atoms. The van der Waals surface area contributed by atoms with Crippen LogP contribution < -0.4 is 14.9 Å². The third-order valence-electron chi connectivity index (χ3n) is 5.41. The number of anilines is 2. The normalized spacial score (nSPS) is 21.5. The van der Waals surface area contributed by atoms with Gasteiger partial charge in [-0.05, 0) is 37.9 Å². The smallest absolute Gasteiger partial charge is 0.236 e. The molecular weight excluding hydrogens is 390 g/mol. The molecule has 0 saturated carbocycles. The molecule has 9 nitrogen and oxygen atoms in total. The van der Waals surface area contributed by atoms with Gasteiger partial charge in [-0.25, -0.2) is 23.4 Å². The van der Waals surface area contributed by atoms with E-state index in [2.05, 4.69) is 20.6 Å². The maximum absolute atomic E-state index is 12.5. The minimum atomic E-state index is -3.32. The molecule has 2 fully saturated rings. The minimum Gasteiger partial charge on any atom is -0.366 e. The summed E-state index contributed by atoms with van der Waals surface area (Å²) >= 11 is 0. The minimum absolute atomic E-state index is 0.162. The van der Waals surface area contributed by atoms with E-state index >= 15 is 0 Å². The number of aromatic nitrogens is 4. The van der Waals surface area contributed by atoms with E-state index in [1.807, 2.05) is 22.6 Å². The van der Waals surface area contributed by atoms with Gasteiger partial charge in [0.25, 0.3) is 0 Å². The molecule has 1 unspecified atom stereocenters. The SMILES string of the molecule is O=S1(=O)CCCCN1c1cn2c(-c3cccc(NC4CCNC4)n3)cnc2cn1. The number of hydrogen-bond donors (Lipinski definition) is 2. The Hall–Kier alpha value is -2.72. The average Bonchev–Trinajstić information content (AvgIpc) is 3.37. The van der Waals surface area contributed by atoms with Crippen LogP contribution in [0.4, 0.5) is 11.6 Å². The Morgan fingerprint density at radius 2 is 2.10 bits per heavy atom. The fraction of sp³-hybridized carbons (Fsp3) is 0.421. The van der Waals surface area contributed by atoms with Crippen molar-refractivity contribution in [1.29, 1.82) is 0 Å². The van der Waals surface area contributed by atoms with Crippen molar-refractivity contribution < 1.29 is 8.42 Å². The van der Waals surface area contributed by atoms with Crippen LogP contribution in [0.15, 0.2) is 36.8 Å². The lowest BCUT2D eigenvalue weighted by Gasteiger charge is -2.27. The number of nitrogens with zero attached hydrogens (tertiary/aromatic N) is 5. The van der Waals surface area contributed by atoms with Crippen LogP contribution in [0.25, 0.3) is 17.0 Å². The highest BCUT2D eigenvalue weighted by Crippen LogP contribution is 2.25. The number of fused-ring (bicyclic) bond motifs is 1. The molecule has 2 aliphatic heterocycles. The lowest BCUT2D eigenvalue weighted by molar-refractivity contribution is 0.573. The van der Waals surface area contributed by atoms with Crippen LogP contribution >= 0.6 is 0 Å². The van der Waals surface area contributed by atoms with Crippen LogP contribution in [0.5, 0.6) is 0 Å². The molecule has 0 spiro atoms. The molecular formula is C19H23N7O2S. The fourth-order valence-electron chi connectivity index (χ4n) is 3.89. The first-order valence-corrected chi connectivity index (χ1v) is 11.5. The first-order chi connectivity index (χ1) is 14.1. The highest BCUT2D eigenvalue weighted by molar-refractivity contribution is 7.92. The van der Waals surface area contributed by atoms with Crippen LogP contribution in [-0.4, -0.2) is 59.2 Å². The second kappa shape index (κ2) is 7.27. The topological polar surface area (TPSA) is 105 Å². The van der Waals surface area contributed by atoms with Gasteiger partial charge < -0.3 is 10.6 Å². The predicted molar refractivity (Wildman–Crippen MR) is 111 cm³/mol. The maximum atomic E-state index is 12.5. The predicted octanol–water partition coefficient (Wildman–Crippen LogP) is 1.50. The Morgan fingerprint density at radius 3 is 2.93 bits per heavy atom. The van der Waals surface area contributed by atoms with E-state index < -0.39 is 10.0 Å². The Morgan fingerprint density at radius 1 is 1.17 bits per heavy atom. The van der Waals surface area contributed by atoms with Gasteiger partial charge in [-0.15, -0.1) is 0 Å². The lowest BCUT2D eigenvalue weighted by atomic mass is 10.2. The molecule has 152 valence electrons. The summed E-state index contributed by atoms with van der Waals surface area (Å²) in [7, 11) is -3.32. The van der Waals surface area contributed by atoms with Gasteiger partial charge in [0, 0.05) is 19.1 Å². The molecule has 3 aromatic heterocycles. The van der Waals surface area contributed by atoms with Crippen molar-refractivity contribution in [3.05, 3.63) is 36.8 Å². The zero-order chi connectivity index (χ0) is 19.8. The molecule has 0 amide bonds. The number of imidazole rings is 1. The number of sulfonamides is 1. The monoisotopic (exact) mass is 413 g/mol. The zero-order valence-corrected chi connectivity index (χ0v) is 16.8. The van der Waals surface area contributed by atoms with E-state index in [4.69, 9.17) is 4.98 Å². The van der Waals surface area contributed by atoms with Crippen LogP contribution in [0.1, 0.15) is 19.3 Å². The number of rotatable bonds is 4. The largest absolute Gasteiger partial charge is 0.366 e. The van der Waals surface area contributed by atoms with E-state index in [0.29, 0.717) is 30.5 Å². The molecule has 3 aromatic rings. The molecule has 0 aliphatic carbocycles. The third kappa shape index (κ3) is 3.53. The van der Waals surface area contributed by atoms with Crippen molar-refractivity contribution >= 4 is 27.3 Å². The van der Waals surface area contributed by atoms with Gasteiger partial charge in [0.2, 0.25) is 10.0 Å². The van der Waals surface area contributed by atoms with Crippen molar-refractivity contribution in [2.24, 2.45) is 0 Å². The number of nitrogens with one attached hydrogen (secondary N) is 2. The molecule has 2 N–H and O–H groups in total. The van der Waals surface area contributed by atoms with Gasteiger partial charge in [-0.3, -0.25) is 8.71 Å². The summed E-state index contributed by atoms with van der Waals surface area (Å²) in [5.41, 5.74) is 2.22. The number of pyridine rings is 1. The van der Waals surface area contributed by atoms with Crippen molar-refractivity contribution in [2.45, 2.75) is 25.3 Å². The quantitative estimate of drug-likeness (QED) is 0.668. The summed E-state index contributed by atoms with van der Waals surface area (Å²) in [5, 5.41) is 6.80. The summed E-state index contributed by atoms with van der Waals surface area (Å²) in [6.45, 7) is 2.40. The Kier molecular flexibility index (Phi) is 4.59. The summed E-state index contributed by atoms with van der Waals surface area (Å²) in [6.07, 6.45) is 7.69. The molecule has 5 rings (SSSR count). The van der Waals surface area contributed by atoms with Crippen molar-refractivity contribution in [3.8, 4) is 11.4 Å². The van der Waals surface area contributed by atoms with E-state index in [1.165, 1.54) is 4.31 Å². The highest BCUT2D eigenvalue weighted by Gasteiger charge is 2.27. The van der Waals surface area contributed by atoms with Crippen molar-refractivity contribution in [3.63, 3.8) is 0 Å². The van der Waals surface area contributed by atoms with E-state index in [1.54, 1.807) is 18.6 Å². The van der Waals surface area contributed by atoms with Gasteiger partial charge in [-0.1, -0.05) is 6.07 Å². The van der Waals surface area contributed by atoms with Gasteiger partial charge in [0.15, 0.2) is 11.5 Å². The molecule has 1 atom stereocenters. The summed E-state index contributed by atoms with van der Waals surface area (Å²) < 4.78 is 28.2. The first kappa shape index (κ1) is 18.3. The highest BCUT2D eigenvalue weighted by atomic mass is 32.2. The van der Waals surface area contributed by atoms with Gasteiger partial charge >= 0.3 is 0 Å². The molecule has 2 saturated heterocycles. The first-order valence-electron chi connectivity index (χ1n) is 9.88. The van der Waals surface area contributed by atoms with E-state index in [0.717, 1.165) is 43.1 Å². The Bertz CT molecular complexity index is 1140. The van der Waals surface area contributed by atoms with Gasteiger partial charge in [-0.2, -0.15) is 0 Å². The van der Waals surface area contributed by atoms with Crippen LogP contribution in [-0.2, 0) is 10.0 Å². The lowest BCUT2D eigenvalue weighted by Crippen LogP contribution is -2.38. The van der Waals surface area contributed by atoms with Gasteiger partial charge in [0.1, 0.15) is 5.82 Å². The second-order valence-corrected chi connectivity index (χ2v) is 9.47. The molecule has 0 radical (unpaired) electrons. The zero-order valence-electron chi connectivity index (χ0n) is 16.0. The summed E-state index contributed by atoms with van der Waals surface area (Å²) in [5.74, 6) is 1.40. The van der Waals surface area contributed by atoms with E-state index in [-0.39, 0.29) is 5.75 Å². The van der Waals surface area contributed by atoms with Crippen molar-refractivity contribution in [1.82, 2.24) is 24.7 Å². The molecule has 2 aliphatic rings. The molecule has 0 bridgehead atoms. The standard InChI is InChI=1S/C19H23N7O2S/c27-29(28)9-2-1-8-26(29)19-13-25-16(11-21-18(25)12-22-19)15-4-3-5-17(24-15)23-14-6-7-20-10-14/h3-5,11-14,20H,1-2,6-10H2,(H,23,24). The van der Waals surface area contributed by atoms with Crippen molar-refractivity contribution in [2.75, 3.05) is 35.0 Å². The summed E-state index contributed by atoms with van der Waals surface area (Å²) in [4.78, 5) is 13.5. The maximum Gasteiger partial charge on any atom is 0.236 e. The fourth-order valence-corrected chi connectivity index (χ4v) is 5.46. The molecule has 5 heterocycles. The van der Waals surface area contributed by atoms with Crippen LogP contribution in [0, 0.1) is 0 Å². The Balaban J connectivity index is 1.51. The Labute approximate surface area is 169 Å².